The van der Waals surface area contributed by atoms with Crippen LogP contribution in [0, 0.1) is 0 Å². The zero-order valence-electron chi connectivity index (χ0n) is 13.9. The predicted octanol–water partition coefficient (Wildman–Crippen LogP) is 3.45. The number of hydrogen-bond donors (Lipinski definition) is 1. The van der Waals surface area contributed by atoms with E-state index in [-0.39, 0.29) is 5.54 Å². The van der Waals surface area contributed by atoms with Crippen LogP contribution in [-0.4, -0.2) is 41.7 Å². The van der Waals surface area contributed by atoms with Gasteiger partial charge in [0, 0.05) is 34.9 Å². The Labute approximate surface area is 137 Å². The quantitative estimate of drug-likeness (QED) is 0.772. The van der Waals surface area contributed by atoms with E-state index in [9.17, 15) is 0 Å². The van der Waals surface area contributed by atoms with Gasteiger partial charge in [0.15, 0.2) is 0 Å². The molecule has 1 heterocycles. The molecule has 120 valence electrons. The number of hydrogen-bond acceptors (Lipinski definition) is 4. The van der Waals surface area contributed by atoms with Crippen molar-refractivity contribution in [3.63, 3.8) is 0 Å². The molecule has 0 spiro atoms. The maximum absolute atomic E-state index is 5.88. The highest BCUT2D eigenvalue weighted by Gasteiger charge is 2.12. The molecule has 21 heavy (non-hydrogen) atoms. The second-order valence-corrected chi connectivity index (χ2v) is 7.01. The zero-order valence-corrected chi connectivity index (χ0v) is 15.5. The highest BCUT2D eigenvalue weighted by atomic mass is 79.9. The number of nitrogens with one attached hydrogen (secondary N) is 1. The van der Waals surface area contributed by atoms with Gasteiger partial charge in [0.05, 0.1) is 0 Å². The third kappa shape index (κ3) is 7.25. The van der Waals surface area contributed by atoms with Gasteiger partial charge >= 0.3 is 0 Å². The Morgan fingerprint density at radius 1 is 1.29 bits per heavy atom. The first-order valence-corrected chi connectivity index (χ1v) is 8.39. The summed E-state index contributed by atoms with van der Waals surface area (Å²) in [5.41, 5.74) is 1.15. The first-order valence-electron chi connectivity index (χ1n) is 7.60. The molecule has 0 fully saturated rings. The van der Waals surface area contributed by atoms with Crippen LogP contribution in [0.2, 0.25) is 0 Å². The molecule has 0 atom stereocenters. The average molecular weight is 358 g/mol. The summed E-state index contributed by atoms with van der Waals surface area (Å²) in [7, 11) is 0. The molecule has 0 aromatic carbocycles. The number of rotatable bonds is 8. The molecule has 0 radical (unpaired) electrons. The van der Waals surface area contributed by atoms with Gasteiger partial charge in [-0.2, -0.15) is 0 Å². The number of pyridine rings is 1. The van der Waals surface area contributed by atoms with Gasteiger partial charge in [-0.15, -0.1) is 0 Å². The van der Waals surface area contributed by atoms with E-state index < -0.39 is 0 Å². The lowest BCUT2D eigenvalue weighted by Gasteiger charge is -2.22. The van der Waals surface area contributed by atoms with Crippen LogP contribution >= 0.6 is 15.9 Å². The Morgan fingerprint density at radius 3 is 2.52 bits per heavy atom. The fraction of sp³-hybridized carbons (Fsp3) is 0.688. The smallest absolute Gasteiger partial charge is 0.217 e. The molecule has 0 amide bonds. The van der Waals surface area contributed by atoms with Gasteiger partial charge in [-0.25, -0.2) is 4.98 Å². The Hall–Kier alpha value is -0.650. The molecule has 0 saturated heterocycles. The van der Waals surface area contributed by atoms with Crippen molar-refractivity contribution < 1.29 is 4.74 Å². The summed E-state index contributed by atoms with van der Waals surface area (Å²) in [6.45, 7) is 15.2. The van der Waals surface area contributed by atoms with Crippen LogP contribution in [0.4, 0.5) is 0 Å². The Morgan fingerprint density at radius 2 is 1.95 bits per heavy atom. The van der Waals surface area contributed by atoms with Gasteiger partial charge in [-0.3, -0.25) is 0 Å². The monoisotopic (exact) mass is 357 g/mol. The zero-order chi connectivity index (χ0) is 15.9. The molecule has 1 aromatic rings. The number of aromatic nitrogens is 1. The van der Waals surface area contributed by atoms with Gasteiger partial charge in [-0.05, 0) is 55.9 Å². The van der Waals surface area contributed by atoms with E-state index in [1.54, 1.807) is 6.20 Å². The molecule has 0 bridgehead atoms. The van der Waals surface area contributed by atoms with Crippen LogP contribution in [0.3, 0.4) is 0 Å². The summed E-state index contributed by atoms with van der Waals surface area (Å²) in [6, 6.07) is 2.07. The minimum absolute atomic E-state index is 0.0702. The SMILES string of the molecule is CCN(CC)CCOc1ncc(Br)cc1CNC(C)(C)C. The lowest BCUT2D eigenvalue weighted by molar-refractivity contribution is 0.216. The molecule has 0 unspecified atom stereocenters. The molecular formula is C16H28BrN3O. The molecule has 0 aliphatic rings. The molecule has 5 heteroatoms. The molecule has 1 rings (SSSR count). The Kier molecular flexibility index (Phi) is 7.63. The number of ether oxygens (including phenoxy) is 1. The van der Waals surface area contributed by atoms with Crippen LogP contribution in [0.5, 0.6) is 5.88 Å². The number of halogens is 1. The minimum atomic E-state index is 0.0702. The van der Waals surface area contributed by atoms with E-state index in [1.165, 1.54) is 0 Å². The topological polar surface area (TPSA) is 37.4 Å². The third-order valence-electron chi connectivity index (χ3n) is 3.24. The first kappa shape index (κ1) is 18.4. The predicted molar refractivity (Wildman–Crippen MR) is 91.8 cm³/mol. The van der Waals surface area contributed by atoms with Gasteiger partial charge < -0.3 is 15.0 Å². The molecule has 0 saturated carbocycles. The Bertz CT molecular complexity index is 428. The molecule has 1 N–H and O–H groups in total. The second kappa shape index (κ2) is 8.71. The van der Waals surface area contributed by atoms with Crippen molar-refractivity contribution in [1.82, 2.24) is 15.2 Å². The largest absolute Gasteiger partial charge is 0.476 e. The van der Waals surface area contributed by atoms with Gasteiger partial charge in [0.25, 0.3) is 0 Å². The molecule has 1 aromatic heterocycles. The van der Waals surface area contributed by atoms with Crippen molar-refractivity contribution in [2.24, 2.45) is 0 Å². The fourth-order valence-electron chi connectivity index (χ4n) is 1.90. The summed E-state index contributed by atoms with van der Waals surface area (Å²) in [5, 5.41) is 3.48. The van der Waals surface area contributed by atoms with Crippen molar-refractivity contribution in [3.05, 3.63) is 22.3 Å². The second-order valence-electron chi connectivity index (χ2n) is 6.10. The standard InChI is InChI=1S/C16H28BrN3O/c1-6-20(7-2)8-9-21-15-13(10-14(17)12-18-15)11-19-16(3,4)5/h10,12,19H,6-9,11H2,1-5H3. The van der Waals surface area contributed by atoms with Crippen LogP contribution in [0.1, 0.15) is 40.2 Å². The van der Waals surface area contributed by atoms with Crippen LogP contribution in [0.15, 0.2) is 16.7 Å². The lowest BCUT2D eigenvalue weighted by atomic mass is 10.1. The first-order chi connectivity index (χ1) is 9.85. The average Bonchev–Trinajstić information content (AvgIpc) is 2.42. The molecular weight excluding hydrogens is 330 g/mol. The van der Waals surface area contributed by atoms with E-state index in [0.29, 0.717) is 6.61 Å². The van der Waals surface area contributed by atoms with E-state index in [2.05, 4.69) is 71.8 Å². The summed E-state index contributed by atoms with van der Waals surface area (Å²) in [6.07, 6.45) is 1.79. The number of nitrogens with zero attached hydrogens (tertiary/aromatic N) is 2. The lowest BCUT2D eigenvalue weighted by Crippen LogP contribution is -2.35. The van der Waals surface area contributed by atoms with Crippen molar-refractivity contribution in [1.29, 1.82) is 0 Å². The van der Waals surface area contributed by atoms with Crippen molar-refractivity contribution in [3.8, 4) is 5.88 Å². The van der Waals surface area contributed by atoms with Crippen LogP contribution in [-0.2, 0) is 6.54 Å². The fourth-order valence-corrected chi connectivity index (χ4v) is 2.28. The van der Waals surface area contributed by atoms with Gasteiger partial charge in [-0.1, -0.05) is 13.8 Å². The van der Waals surface area contributed by atoms with Crippen LogP contribution < -0.4 is 10.1 Å². The van der Waals surface area contributed by atoms with Gasteiger partial charge in [0.1, 0.15) is 6.61 Å². The number of likely N-dealkylation sites (N-methyl/N-ethyl adjacent to an activating group) is 1. The molecule has 0 aliphatic heterocycles. The maximum atomic E-state index is 5.88. The Balaban J connectivity index is 2.64. The van der Waals surface area contributed by atoms with E-state index in [1.807, 2.05) is 0 Å². The van der Waals surface area contributed by atoms with Crippen molar-refractivity contribution >= 4 is 15.9 Å². The summed E-state index contributed by atoms with van der Waals surface area (Å²) < 4.78 is 6.85. The summed E-state index contributed by atoms with van der Waals surface area (Å²) >= 11 is 3.48. The van der Waals surface area contributed by atoms with E-state index >= 15 is 0 Å². The maximum Gasteiger partial charge on any atom is 0.217 e. The van der Waals surface area contributed by atoms with Gasteiger partial charge in [0.2, 0.25) is 5.88 Å². The normalized spacial score (nSPS) is 12.0. The summed E-state index contributed by atoms with van der Waals surface area (Å²) in [4.78, 5) is 6.74. The molecule has 0 aliphatic carbocycles. The van der Waals surface area contributed by atoms with Crippen LogP contribution in [0.25, 0.3) is 0 Å². The molecule has 4 nitrogen and oxygen atoms in total. The van der Waals surface area contributed by atoms with Crippen molar-refractivity contribution in [2.75, 3.05) is 26.2 Å². The summed E-state index contributed by atoms with van der Waals surface area (Å²) in [5.74, 6) is 0.724. The highest BCUT2D eigenvalue weighted by Crippen LogP contribution is 2.20. The van der Waals surface area contributed by atoms with E-state index in [0.717, 1.165) is 42.1 Å². The highest BCUT2D eigenvalue weighted by molar-refractivity contribution is 9.10. The van der Waals surface area contributed by atoms with Crippen molar-refractivity contribution in [2.45, 2.75) is 46.7 Å². The third-order valence-corrected chi connectivity index (χ3v) is 3.68. The minimum Gasteiger partial charge on any atom is -0.476 e. The van der Waals surface area contributed by atoms with E-state index in [4.69, 9.17) is 4.74 Å².